The summed E-state index contributed by atoms with van der Waals surface area (Å²) in [6.45, 7) is 12.5. The van der Waals surface area contributed by atoms with E-state index in [9.17, 15) is 4.79 Å². The standard InChI is InChI=1S/C12H24N2O/c1-5-13(6-2)12-7-8-14(9-12)10(3)11(4)15/h10,12H,5-9H2,1-4H3. The zero-order chi connectivity index (χ0) is 11.4. The highest BCUT2D eigenvalue weighted by Gasteiger charge is 2.30. The molecule has 0 aromatic carbocycles. The predicted molar refractivity (Wildman–Crippen MR) is 63.0 cm³/mol. The molecule has 0 spiro atoms. The lowest BCUT2D eigenvalue weighted by atomic mass is 10.2. The highest BCUT2D eigenvalue weighted by Crippen LogP contribution is 2.17. The molecule has 2 atom stereocenters. The Hall–Kier alpha value is -0.410. The Morgan fingerprint density at radius 1 is 1.47 bits per heavy atom. The average Bonchev–Trinajstić information content (AvgIpc) is 2.67. The van der Waals surface area contributed by atoms with Crippen LogP contribution in [0.1, 0.15) is 34.1 Å². The molecule has 0 bridgehead atoms. The molecule has 0 saturated carbocycles. The maximum Gasteiger partial charge on any atom is 0.146 e. The van der Waals surface area contributed by atoms with Gasteiger partial charge in [-0.05, 0) is 33.4 Å². The Labute approximate surface area is 93.4 Å². The number of Topliss-reactive ketones (excluding diaryl/α,β-unsaturated/α-hetero) is 1. The minimum Gasteiger partial charge on any atom is -0.300 e. The number of likely N-dealkylation sites (N-methyl/N-ethyl adjacent to an activating group) is 1. The quantitative estimate of drug-likeness (QED) is 0.688. The van der Waals surface area contributed by atoms with Crippen molar-refractivity contribution in [3.05, 3.63) is 0 Å². The first-order valence-electron chi connectivity index (χ1n) is 6.08. The van der Waals surface area contributed by atoms with Gasteiger partial charge in [-0.15, -0.1) is 0 Å². The molecule has 1 rings (SSSR count). The molecule has 0 aromatic heterocycles. The van der Waals surface area contributed by atoms with Gasteiger partial charge in [0.25, 0.3) is 0 Å². The molecule has 0 N–H and O–H groups in total. The predicted octanol–water partition coefficient (Wildman–Crippen LogP) is 1.38. The molecule has 1 fully saturated rings. The second kappa shape index (κ2) is 5.61. The molecule has 15 heavy (non-hydrogen) atoms. The molecule has 1 saturated heterocycles. The van der Waals surface area contributed by atoms with E-state index in [-0.39, 0.29) is 11.8 Å². The first kappa shape index (κ1) is 12.7. The second-order valence-corrected chi connectivity index (χ2v) is 4.45. The van der Waals surface area contributed by atoms with Gasteiger partial charge in [0.2, 0.25) is 0 Å². The van der Waals surface area contributed by atoms with Crippen LogP contribution >= 0.6 is 0 Å². The first-order valence-corrected chi connectivity index (χ1v) is 6.08. The maximum atomic E-state index is 11.3. The number of likely N-dealkylation sites (tertiary alicyclic amines) is 1. The van der Waals surface area contributed by atoms with Crippen LogP contribution < -0.4 is 0 Å². The van der Waals surface area contributed by atoms with Gasteiger partial charge in [-0.3, -0.25) is 14.6 Å². The second-order valence-electron chi connectivity index (χ2n) is 4.45. The largest absolute Gasteiger partial charge is 0.300 e. The van der Waals surface area contributed by atoms with E-state index in [1.807, 2.05) is 6.92 Å². The van der Waals surface area contributed by atoms with Crippen LogP contribution in [0.15, 0.2) is 0 Å². The third kappa shape index (κ3) is 3.02. The van der Waals surface area contributed by atoms with Crippen molar-refractivity contribution in [2.24, 2.45) is 0 Å². The third-order valence-electron chi connectivity index (χ3n) is 3.66. The molecule has 3 nitrogen and oxygen atoms in total. The van der Waals surface area contributed by atoms with Crippen molar-refractivity contribution < 1.29 is 4.79 Å². The van der Waals surface area contributed by atoms with E-state index in [4.69, 9.17) is 0 Å². The molecular formula is C12H24N2O. The maximum absolute atomic E-state index is 11.3. The molecule has 1 aliphatic rings. The molecule has 2 unspecified atom stereocenters. The van der Waals surface area contributed by atoms with Gasteiger partial charge in [-0.25, -0.2) is 0 Å². The number of ketones is 1. The topological polar surface area (TPSA) is 23.6 Å². The van der Waals surface area contributed by atoms with Crippen molar-refractivity contribution in [1.29, 1.82) is 0 Å². The van der Waals surface area contributed by atoms with E-state index in [1.54, 1.807) is 6.92 Å². The van der Waals surface area contributed by atoms with Crippen LogP contribution in [0.4, 0.5) is 0 Å². The Bertz CT molecular complexity index is 214. The van der Waals surface area contributed by atoms with Gasteiger partial charge >= 0.3 is 0 Å². The zero-order valence-corrected chi connectivity index (χ0v) is 10.5. The van der Waals surface area contributed by atoms with E-state index in [2.05, 4.69) is 23.6 Å². The van der Waals surface area contributed by atoms with Gasteiger partial charge in [0.15, 0.2) is 0 Å². The number of hydrogen-bond donors (Lipinski definition) is 0. The number of nitrogens with zero attached hydrogens (tertiary/aromatic N) is 2. The highest BCUT2D eigenvalue weighted by atomic mass is 16.1. The summed E-state index contributed by atoms with van der Waals surface area (Å²) in [5.41, 5.74) is 0. The molecule has 0 amide bonds. The van der Waals surface area contributed by atoms with Crippen LogP contribution in [0, 0.1) is 0 Å². The summed E-state index contributed by atoms with van der Waals surface area (Å²) in [5, 5.41) is 0. The molecular weight excluding hydrogens is 188 g/mol. The van der Waals surface area contributed by atoms with Crippen molar-refractivity contribution in [1.82, 2.24) is 9.80 Å². The minimum absolute atomic E-state index is 0.102. The van der Waals surface area contributed by atoms with Gasteiger partial charge in [-0.1, -0.05) is 13.8 Å². The van der Waals surface area contributed by atoms with Gasteiger partial charge < -0.3 is 0 Å². The molecule has 88 valence electrons. The van der Waals surface area contributed by atoms with Crippen molar-refractivity contribution in [2.45, 2.75) is 46.2 Å². The summed E-state index contributed by atoms with van der Waals surface area (Å²) < 4.78 is 0. The Morgan fingerprint density at radius 2 is 2.07 bits per heavy atom. The van der Waals surface area contributed by atoms with Crippen LogP contribution in [-0.4, -0.2) is 53.8 Å². The van der Waals surface area contributed by atoms with E-state index >= 15 is 0 Å². The summed E-state index contributed by atoms with van der Waals surface area (Å²) in [5.74, 6) is 0.287. The molecule has 1 heterocycles. The number of carbonyl (C=O) groups is 1. The van der Waals surface area contributed by atoms with E-state index in [1.165, 1.54) is 6.42 Å². The fourth-order valence-electron chi connectivity index (χ4n) is 2.42. The van der Waals surface area contributed by atoms with Crippen LogP contribution in [0.5, 0.6) is 0 Å². The smallest absolute Gasteiger partial charge is 0.146 e. The molecule has 0 aromatic rings. The van der Waals surface area contributed by atoms with Crippen LogP contribution in [-0.2, 0) is 4.79 Å². The fourth-order valence-corrected chi connectivity index (χ4v) is 2.42. The Balaban J connectivity index is 2.48. The summed E-state index contributed by atoms with van der Waals surface area (Å²) >= 11 is 0. The van der Waals surface area contributed by atoms with Crippen molar-refractivity contribution in [3.63, 3.8) is 0 Å². The summed E-state index contributed by atoms with van der Waals surface area (Å²) in [7, 11) is 0. The van der Waals surface area contributed by atoms with Crippen molar-refractivity contribution >= 4 is 5.78 Å². The lowest BCUT2D eigenvalue weighted by Crippen LogP contribution is -2.41. The molecule has 0 radical (unpaired) electrons. The summed E-state index contributed by atoms with van der Waals surface area (Å²) in [6, 6.07) is 0.757. The molecule has 1 aliphatic heterocycles. The first-order chi connectivity index (χ1) is 7.10. The number of rotatable bonds is 5. The number of carbonyl (C=O) groups excluding carboxylic acids is 1. The normalized spacial score (nSPS) is 24.7. The van der Waals surface area contributed by atoms with Crippen molar-refractivity contribution in [3.8, 4) is 0 Å². The Morgan fingerprint density at radius 3 is 2.53 bits per heavy atom. The van der Waals surface area contributed by atoms with Crippen LogP contribution in [0.25, 0.3) is 0 Å². The van der Waals surface area contributed by atoms with E-state index in [0.717, 1.165) is 26.2 Å². The summed E-state index contributed by atoms with van der Waals surface area (Å²) in [6.07, 6.45) is 1.21. The van der Waals surface area contributed by atoms with Gasteiger partial charge in [-0.2, -0.15) is 0 Å². The third-order valence-corrected chi connectivity index (χ3v) is 3.66. The van der Waals surface area contributed by atoms with E-state index < -0.39 is 0 Å². The highest BCUT2D eigenvalue weighted by molar-refractivity contribution is 5.80. The van der Waals surface area contributed by atoms with Crippen LogP contribution in [0.2, 0.25) is 0 Å². The minimum atomic E-state index is 0.102. The zero-order valence-electron chi connectivity index (χ0n) is 10.5. The average molecular weight is 212 g/mol. The van der Waals surface area contributed by atoms with E-state index in [0.29, 0.717) is 6.04 Å². The fraction of sp³-hybridized carbons (Fsp3) is 0.917. The Kier molecular flexibility index (Phi) is 4.74. The van der Waals surface area contributed by atoms with Gasteiger partial charge in [0.1, 0.15) is 5.78 Å². The van der Waals surface area contributed by atoms with Gasteiger partial charge in [0, 0.05) is 19.1 Å². The lowest BCUT2D eigenvalue weighted by molar-refractivity contribution is -0.121. The summed E-state index contributed by atoms with van der Waals surface area (Å²) in [4.78, 5) is 16.1. The van der Waals surface area contributed by atoms with Crippen LogP contribution in [0.3, 0.4) is 0 Å². The SMILES string of the molecule is CCN(CC)C1CCN(C(C)C(C)=O)C1. The number of hydrogen-bond acceptors (Lipinski definition) is 3. The lowest BCUT2D eigenvalue weighted by Gasteiger charge is -2.27. The molecule has 3 heteroatoms. The molecule has 0 aliphatic carbocycles. The van der Waals surface area contributed by atoms with Crippen molar-refractivity contribution in [2.75, 3.05) is 26.2 Å². The van der Waals surface area contributed by atoms with Gasteiger partial charge in [0.05, 0.1) is 6.04 Å². The monoisotopic (exact) mass is 212 g/mol.